The van der Waals surface area contributed by atoms with E-state index in [-0.39, 0.29) is 5.78 Å². The van der Waals surface area contributed by atoms with E-state index in [1.54, 1.807) is 43.5 Å². The topological polar surface area (TPSA) is 35.5 Å². The molecule has 1 atom stereocenters. The van der Waals surface area contributed by atoms with Gasteiger partial charge in [-0.25, -0.2) is 0 Å². The average Bonchev–Trinajstić information content (AvgIpc) is 2.79. The summed E-state index contributed by atoms with van der Waals surface area (Å²) < 4.78 is 10.8. The first-order valence-electron chi connectivity index (χ1n) is 6.42. The SMILES string of the molecule is COc1ccc2c(c1)C(=O)[C@@H](Cc1c(Cl)cccc1Cl)O2. The Morgan fingerprint density at radius 3 is 2.57 bits per heavy atom. The van der Waals surface area contributed by atoms with Crippen molar-refractivity contribution in [1.29, 1.82) is 0 Å². The van der Waals surface area contributed by atoms with Gasteiger partial charge in [0.1, 0.15) is 11.5 Å². The zero-order chi connectivity index (χ0) is 15.0. The number of methoxy groups -OCH3 is 1. The molecule has 3 rings (SSSR count). The van der Waals surface area contributed by atoms with Gasteiger partial charge in [0, 0.05) is 16.5 Å². The lowest BCUT2D eigenvalue weighted by atomic mass is 10.0. The smallest absolute Gasteiger partial charge is 0.207 e. The Morgan fingerprint density at radius 2 is 1.90 bits per heavy atom. The molecule has 0 radical (unpaired) electrons. The average molecular weight is 323 g/mol. The molecule has 108 valence electrons. The number of ketones is 1. The van der Waals surface area contributed by atoms with Crippen molar-refractivity contribution in [3.63, 3.8) is 0 Å². The maximum absolute atomic E-state index is 12.4. The first-order valence-corrected chi connectivity index (χ1v) is 7.17. The first-order chi connectivity index (χ1) is 10.1. The predicted molar refractivity (Wildman–Crippen MR) is 81.9 cm³/mol. The van der Waals surface area contributed by atoms with Gasteiger partial charge in [0.05, 0.1) is 12.7 Å². The maximum Gasteiger partial charge on any atom is 0.207 e. The fourth-order valence-corrected chi connectivity index (χ4v) is 2.91. The summed E-state index contributed by atoms with van der Waals surface area (Å²) in [6, 6.07) is 10.4. The van der Waals surface area contributed by atoms with Crippen LogP contribution in [0.25, 0.3) is 0 Å². The highest BCUT2D eigenvalue weighted by Crippen LogP contribution is 2.35. The van der Waals surface area contributed by atoms with E-state index < -0.39 is 6.10 Å². The van der Waals surface area contributed by atoms with E-state index in [1.165, 1.54) is 0 Å². The van der Waals surface area contributed by atoms with Crippen LogP contribution in [0.2, 0.25) is 10.0 Å². The zero-order valence-corrected chi connectivity index (χ0v) is 12.7. The second kappa shape index (κ2) is 5.58. The van der Waals surface area contributed by atoms with Gasteiger partial charge in [-0.15, -0.1) is 0 Å². The lowest BCUT2D eigenvalue weighted by Gasteiger charge is -2.12. The summed E-state index contributed by atoms with van der Waals surface area (Å²) in [5.74, 6) is 1.11. The Morgan fingerprint density at radius 1 is 1.19 bits per heavy atom. The van der Waals surface area contributed by atoms with E-state index in [0.717, 1.165) is 5.56 Å². The fraction of sp³-hybridized carbons (Fsp3) is 0.188. The summed E-state index contributed by atoms with van der Waals surface area (Å²) in [5.41, 5.74) is 1.25. The molecule has 0 amide bonds. The Labute approximate surface area is 132 Å². The van der Waals surface area contributed by atoms with Crippen LogP contribution in [0, 0.1) is 0 Å². The molecule has 0 bridgehead atoms. The van der Waals surface area contributed by atoms with Crippen LogP contribution in [0.15, 0.2) is 36.4 Å². The Kier molecular flexibility index (Phi) is 3.79. The van der Waals surface area contributed by atoms with Crippen molar-refractivity contribution in [2.75, 3.05) is 7.11 Å². The van der Waals surface area contributed by atoms with Gasteiger partial charge in [0.25, 0.3) is 0 Å². The lowest BCUT2D eigenvalue weighted by Crippen LogP contribution is -2.23. The van der Waals surface area contributed by atoms with Crippen molar-refractivity contribution in [3.8, 4) is 11.5 Å². The molecule has 0 unspecified atom stereocenters. The number of benzene rings is 2. The molecule has 1 heterocycles. The summed E-state index contributed by atoms with van der Waals surface area (Å²) in [6.45, 7) is 0. The summed E-state index contributed by atoms with van der Waals surface area (Å²) in [4.78, 5) is 12.4. The number of carbonyl (C=O) groups is 1. The van der Waals surface area contributed by atoms with E-state index >= 15 is 0 Å². The van der Waals surface area contributed by atoms with Crippen molar-refractivity contribution < 1.29 is 14.3 Å². The van der Waals surface area contributed by atoms with Gasteiger partial charge in [-0.1, -0.05) is 29.3 Å². The number of halogens is 2. The number of carbonyl (C=O) groups excluding carboxylic acids is 1. The molecule has 1 aliphatic heterocycles. The van der Waals surface area contributed by atoms with E-state index in [0.29, 0.717) is 33.5 Å². The van der Waals surface area contributed by atoms with Crippen molar-refractivity contribution in [3.05, 3.63) is 57.6 Å². The third-order valence-electron chi connectivity index (χ3n) is 3.47. The van der Waals surface area contributed by atoms with Crippen molar-refractivity contribution in [2.24, 2.45) is 0 Å². The zero-order valence-electron chi connectivity index (χ0n) is 11.2. The van der Waals surface area contributed by atoms with Crippen LogP contribution in [-0.4, -0.2) is 19.0 Å². The van der Waals surface area contributed by atoms with Crippen molar-refractivity contribution in [2.45, 2.75) is 12.5 Å². The fourth-order valence-electron chi connectivity index (χ4n) is 2.36. The molecule has 0 saturated carbocycles. The molecule has 0 N–H and O–H groups in total. The van der Waals surface area contributed by atoms with Crippen LogP contribution < -0.4 is 9.47 Å². The van der Waals surface area contributed by atoms with Crippen molar-refractivity contribution >= 4 is 29.0 Å². The summed E-state index contributed by atoms with van der Waals surface area (Å²) in [5, 5.41) is 1.07. The first kappa shape index (κ1) is 14.2. The Balaban J connectivity index is 1.88. The highest BCUT2D eigenvalue weighted by atomic mass is 35.5. The second-order valence-electron chi connectivity index (χ2n) is 4.74. The maximum atomic E-state index is 12.4. The minimum absolute atomic E-state index is 0.0834. The monoisotopic (exact) mass is 322 g/mol. The van der Waals surface area contributed by atoms with Crippen LogP contribution in [0.1, 0.15) is 15.9 Å². The number of Topliss-reactive ketones (excluding diaryl/α,β-unsaturated/α-hetero) is 1. The molecule has 0 spiro atoms. The highest BCUT2D eigenvalue weighted by molar-refractivity contribution is 6.36. The standard InChI is InChI=1S/C16H12Cl2O3/c1-20-9-5-6-14-11(7-9)16(19)15(21-14)8-10-12(17)3-2-4-13(10)18/h2-7,15H,8H2,1H3/t15-/m1/s1. The molecule has 1 aliphatic rings. The third-order valence-corrected chi connectivity index (χ3v) is 4.17. The summed E-state index contributed by atoms with van der Waals surface area (Å²) in [7, 11) is 1.56. The molecule has 5 heteroatoms. The van der Waals surface area contributed by atoms with Gasteiger partial charge >= 0.3 is 0 Å². The van der Waals surface area contributed by atoms with E-state index in [1.807, 2.05) is 0 Å². The molecule has 0 fully saturated rings. The largest absolute Gasteiger partial charge is 0.497 e. The lowest BCUT2D eigenvalue weighted by molar-refractivity contribution is 0.0858. The number of fused-ring (bicyclic) bond motifs is 1. The van der Waals surface area contributed by atoms with Gasteiger partial charge < -0.3 is 9.47 Å². The predicted octanol–water partition coefficient (Wildman–Crippen LogP) is 4.19. The Bertz CT molecular complexity index is 692. The molecule has 3 nitrogen and oxygen atoms in total. The molecule has 2 aromatic carbocycles. The van der Waals surface area contributed by atoms with Gasteiger partial charge in [-0.2, -0.15) is 0 Å². The minimum atomic E-state index is -0.607. The van der Waals surface area contributed by atoms with Crippen LogP contribution >= 0.6 is 23.2 Å². The minimum Gasteiger partial charge on any atom is -0.497 e. The van der Waals surface area contributed by atoms with Crippen LogP contribution in [0.3, 0.4) is 0 Å². The molecule has 0 aliphatic carbocycles. The van der Waals surface area contributed by atoms with Gasteiger partial charge in [-0.3, -0.25) is 4.79 Å². The van der Waals surface area contributed by atoms with E-state index in [9.17, 15) is 4.79 Å². The summed E-state index contributed by atoms with van der Waals surface area (Å²) >= 11 is 12.3. The summed E-state index contributed by atoms with van der Waals surface area (Å²) in [6.07, 6.45) is -0.265. The second-order valence-corrected chi connectivity index (χ2v) is 5.55. The quantitative estimate of drug-likeness (QED) is 0.850. The molecular weight excluding hydrogens is 311 g/mol. The molecule has 0 aromatic heterocycles. The normalized spacial score (nSPS) is 16.5. The van der Waals surface area contributed by atoms with Crippen LogP contribution in [0.5, 0.6) is 11.5 Å². The number of rotatable bonds is 3. The van der Waals surface area contributed by atoms with Crippen LogP contribution in [0.4, 0.5) is 0 Å². The molecule has 0 saturated heterocycles. The van der Waals surface area contributed by atoms with E-state index in [4.69, 9.17) is 32.7 Å². The number of ether oxygens (including phenoxy) is 2. The van der Waals surface area contributed by atoms with Gasteiger partial charge in [0.15, 0.2) is 6.10 Å². The molecule has 2 aromatic rings. The number of hydrogen-bond donors (Lipinski definition) is 0. The van der Waals surface area contributed by atoms with E-state index in [2.05, 4.69) is 0 Å². The highest BCUT2D eigenvalue weighted by Gasteiger charge is 2.33. The van der Waals surface area contributed by atoms with Gasteiger partial charge in [0.2, 0.25) is 5.78 Å². The molecular formula is C16H12Cl2O3. The molecule has 21 heavy (non-hydrogen) atoms. The third kappa shape index (κ3) is 2.59. The van der Waals surface area contributed by atoms with Gasteiger partial charge in [-0.05, 0) is 35.9 Å². The number of hydrogen-bond acceptors (Lipinski definition) is 3. The van der Waals surface area contributed by atoms with Crippen molar-refractivity contribution in [1.82, 2.24) is 0 Å². The Hall–Kier alpha value is -1.71. The van der Waals surface area contributed by atoms with Crippen LogP contribution in [-0.2, 0) is 6.42 Å².